The van der Waals surface area contributed by atoms with Crippen molar-refractivity contribution in [1.82, 2.24) is 0 Å². The van der Waals surface area contributed by atoms with Gasteiger partial charge in [-0.05, 0) is 28.1 Å². The first-order valence-electron chi connectivity index (χ1n) is 4.91. The smallest absolute Gasteiger partial charge is 0.181 e. The highest BCUT2D eigenvalue weighted by Crippen LogP contribution is 2.33. The second-order valence-corrected chi connectivity index (χ2v) is 6.67. The quantitative estimate of drug-likeness (QED) is 0.765. The highest BCUT2D eigenvalue weighted by molar-refractivity contribution is 9.10. The number of carbonyl (C=O) groups excluding carboxylic acids is 1. The Morgan fingerprint density at radius 1 is 1.22 bits per heavy atom. The number of sulfone groups is 1. The maximum Gasteiger partial charge on any atom is 0.181 e. The van der Waals surface area contributed by atoms with Crippen LogP contribution in [0.1, 0.15) is 10.4 Å². The van der Waals surface area contributed by atoms with Gasteiger partial charge in [-0.15, -0.1) is 0 Å². The van der Waals surface area contributed by atoms with Crippen molar-refractivity contribution in [2.24, 2.45) is 0 Å². The Hall–Kier alpha value is -1.08. The molecular formula is C11H13BrO5S. The van der Waals surface area contributed by atoms with Crippen LogP contribution in [0.3, 0.4) is 0 Å². The molecular weight excluding hydrogens is 324 g/mol. The summed E-state index contributed by atoms with van der Waals surface area (Å²) in [6.45, 7) is 0. The highest BCUT2D eigenvalue weighted by atomic mass is 79.9. The zero-order valence-electron chi connectivity index (χ0n) is 10.2. The molecule has 0 aliphatic rings. The molecule has 0 saturated carbocycles. The van der Waals surface area contributed by atoms with Gasteiger partial charge in [0.15, 0.2) is 15.6 Å². The molecule has 0 aromatic heterocycles. The Balaban J connectivity index is 3.25. The van der Waals surface area contributed by atoms with Crippen molar-refractivity contribution in [2.75, 3.05) is 26.2 Å². The molecule has 0 spiro atoms. The van der Waals surface area contributed by atoms with Gasteiger partial charge in [-0.25, -0.2) is 8.42 Å². The summed E-state index contributed by atoms with van der Waals surface area (Å²) < 4.78 is 33.0. The maximum atomic E-state index is 11.9. The third-order valence-electron chi connectivity index (χ3n) is 2.17. The molecule has 0 aliphatic carbocycles. The molecule has 0 N–H and O–H groups in total. The average Bonchev–Trinajstić information content (AvgIpc) is 2.26. The molecule has 5 nitrogen and oxygen atoms in total. The number of hydrogen-bond acceptors (Lipinski definition) is 5. The Morgan fingerprint density at radius 2 is 1.78 bits per heavy atom. The molecule has 0 saturated heterocycles. The number of benzene rings is 1. The van der Waals surface area contributed by atoms with E-state index in [2.05, 4.69) is 15.9 Å². The van der Waals surface area contributed by atoms with Crippen LogP contribution in [0.5, 0.6) is 11.5 Å². The molecule has 0 unspecified atom stereocenters. The Morgan fingerprint density at radius 3 is 2.22 bits per heavy atom. The zero-order chi connectivity index (χ0) is 13.9. The van der Waals surface area contributed by atoms with E-state index >= 15 is 0 Å². The Labute approximate surface area is 114 Å². The van der Waals surface area contributed by atoms with Crippen molar-refractivity contribution in [3.8, 4) is 11.5 Å². The lowest BCUT2D eigenvalue weighted by atomic mass is 10.1. The molecule has 7 heteroatoms. The van der Waals surface area contributed by atoms with Gasteiger partial charge in [-0.2, -0.15) is 0 Å². The second kappa shape index (κ2) is 5.71. The minimum Gasteiger partial charge on any atom is -0.496 e. The number of hydrogen-bond donors (Lipinski definition) is 0. The van der Waals surface area contributed by atoms with Gasteiger partial charge >= 0.3 is 0 Å². The number of carbonyl (C=O) groups is 1. The van der Waals surface area contributed by atoms with Crippen molar-refractivity contribution < 1.29 is 22.7 Å². The van der Waals surface area contributed by atoms with Crippen LogP contribution in [-0.2, 0) is 9.84 Å². The van der Waals surface area contributed by atoms with Crippen LogP contribution >= 0.6 is 15.9 Å². The molecule has 0 atom stereocenters. The number of ketones is 1. The molecule has 1 aromatic rings. The van der Waals surface area contributed by atoms with Crippen LogP contribution in [0.25, 0.3) is 0 Å². The number of ether oxygens (including phenoxy) is 2. The van der Waals surface area contributed by atoms with E-state index in [0.717, 1.165) is 6.26 Å². The Kier molecular flexibility index (Phi) is 4.75. The summed E-state index contributed by atoms with van der Waals surface area (Å²) in [5.74, 6) is -0.349. The number of Topliss-reactive ketones (excluding diaryl/α,β-unsaturated/α-hetero) is 1. The van der Waals surface area contributed by atoms with Crippen LogP contribution in [-0.4, -0.2) is 40.4 Å². The van der Waals surface area contributed by atoms with Gasteiger partial charge in [-0.1, -0.05) is 0 Å². The van der Waals surface area contributed by atoms with Crippen LogP contribution in [0.15, 0.2) is 16.6 Å². The SMILES string of the molecule is COc1cc(C(=O)CS(C)(=O)=O)c(OC)cc1Br. The summed E-state index contributed by atoms with van der Waals surface area (Å²) in [5.41, 5.74) is 0.183. The van der Waals surface area contributed by atoms with E-state index in [9.17, 15) is 13.2 Å². The van der Waals surface area contributed by atoms with E-state index in [1.807, 2.05) is 0 Å². The molecule has 100 valence electrons. The van der Waals surface area contributed by atoms with Crippen molar-refractivity contribution in [3.05, 3.63) is 22.2 Å². The van der Waals surface area contributed by atoms with Crippen LogP contribution in [0.2, 0.25) is 0 Å². The summed E-state index contributed by atoms with van der Waals surface area (Å²) in [7, 11) is -0.520. The van der Waals surface area contributed by atoms with Gasteiger partial charge in [0.2, 0.25) is 0 Å². The van der Waals surface area contributed by atoms with Crippen molar-refractivity contribution in [2.45, 2.75) is 0 Å². The second-order valence-electron chi connectivity index (χ2n) is 3.68. The fourth-order valence-electron chi connectivity index (χ4n) is 1.39. The van der Waals surface area contributed by atoms with Gasteiger partial charge in [0.25, 0.3) is 0 Å². The molecule has 0 bridgehead atoms. The summed E-state index contributed by atoms with van der Waals surface area (Å²) in [4.78, 5) is 11.9. The van der Waals surface area contributed by atoms with Gasteiger partial charge < -0.3 is 9.47 Å². The van der Waals surface area contributed by atoms with E-state index in [0.29, 0.717) is 16.0 Å². The molecule has 1 aromatic carbocycles. The zero-order valence-corrected chi connectivity index (χ0v) is 12.6. The molecule has 0 amide bonds. The largest absolute Gasteiger partial charge is 0.496 e. The minimum absolute atomic E-state index is 0.183. The predicted octanol–water partition coefficient (Wildman–Crippen LogP) is 1.69. The normalized spacial score (nSPS) is 11.1. The summed E-state index contributed by atoms with van der Waals surface area (Å²) in [5, 5.41) is 0. The van der Waals surface area contributed by atoms with E-state index in [4.69, 9.17) is 9.47 Å². The lowest BCUT2D eigenvalue weighted by Gasteiger charge is -2.11. The topological polar surface area (TPSA) is 69.7 Å². The maximum absolute atomic E-state index is 11.9. The lowest BCUT2D eigenvalue weighted by Crippen LogP contribution is -2.15. The van der Waals surface area contributed by atoms with Crippen LogP contribution in [0.4, 0.5) is 0 Å². The van der Waals surface area contributed by atoms with E-state index in [-0.39, 0.29) is 5.56 Å². The molecule has 0 aliphatic heterocycles. The summed E-state index contributed by atoms with van der Waals surface area (Å²) >= 11 is 3.26. The number of rotatable bonds is 5. The fraction of sp³-hybridized carbons (Fsp3) is 0.364. The monoisotopic (exact) mass is 336 g/mol. The first-order chi connectivity index (χ1) is 8.28. The third kappa shape index (κ3) is 3.71. The van der Waals surface area contributed by atoms with Gasteiger partial charge in [0.1, 0.15) is 17.3 Å². The molecule has 0 fully saturated rings. The average molecular weight is 337 g/mol. The lowest BCUT2D eigenvalue weighted by molar-refractivity contribution is 0.101. The third-order valence-corrected chi connectivity index (χ3v) is 3.57. The Bertz CT molecular complexity index is 565. The first-order valence-corrected chi connectivity index (χ1v) is 7.76. The van der Waals surface area contributed by atoms with Gasteiger partial charge in [0.05, 0.1) is 24.3 Å². The van der Waals surface area contributed by atoms with Gasteiger partial charge in [0, 0.05) is 6.26 Å². The standard InChI is InChI=1S/C11H13BrO5S/c1-16-10-5-8(12)11(17-2)4-7(10)9(13)6-18(3,14)15/h4-5H,6H2,1-3H3. The summed E-state index contributed by atoms with van der Waals surface area (Å²) in [6, 6.07) is 3.02. The predicted molar refractivity (Wildman–Crippen MR) is 71.3 cm³/mol. The molecule has 0 radical (unpaired) electrons. The number of halogens is 1. The fourth-order valence-corrected chi connectivity index (χ4v) is 2.51. The van der Waals surface area contributed by atoms with E-state index in [1.54, 1.807) is 6.07 Å². The van der Waals surface area contributed by atoms with Crippen molar-refractivity contribution in [1.29, 1.82) is 0 Å². The molecule has 18 heavy (non-hydrogen) atoms. The van der Waals surface area contributed by atoms with Crippen LogP contribution < -0.4 is 9.47 Å². The number of methoxy groups -OCH3 is 2. The first kappa shape index (κ1) is 15.0. The minimum atomic E-state index is -3.38. The highest BCUT2D eigenvalue weighted by Gasteiger charge is 2.19. The van der Waals surface area contributed by atoms with Crippen LogP contribution in [0, 0.1) is 0 Å². The molecule has 1 rings (SSSR count). The van der Waals surface area contributed by atoms with Crippen molar-refractivity contribution in [3.63, 3.8) is 0 Å². The van der Waals surface area contributed by atoms with Crippen molar-refractivity contribution >= 4 is 31.6 Å². The van der Waals surface area contributed by atoms with E-state index in [1.165, 1.54) is 20.3 Å². The summed E-state index contributed by atoms with van der Waals surface area (Å²) in [6.07, 6.45) is 1.01. The van der Waals surface area contributed by atoms with E-state index < -0.39 is 21.4 Å². The van der Waals surface area contributed by atoms with Gasteiger partial charge in [-0.3, -0.25) is 4.79 Å². The molecule has 0 heterocycles.